The smallest absolute Gasteiger partial charge is 0.309 e. The van der Waals surface area contributed by atoms with Crippen molar-refractivity contribution in [3.8, 4) is 0 Å². The van der Waals surface area contributed by atoms with Crippen molar-refractivity contribution in [1.29, 1.82) is 0 Å². The lowest BCUT2D eigenvalue weighted by atomic mass is 10.0. The normalized spacial score (nSPS) is 10.3. The van der Waals surface area contributed by atoms with E-state index in [4.69, 9.17) is 5.73 Å². The fourth-order valence-electron chi connectivity index (χ4n) is 1.75. The van der Waals surface area contributed by atoms with Crippen LogP contribution in [0.15, 0.2) is 36.7 Å². The van der Waals surface area contributed by atoms with Gasteiger partial charge in [0.1, 0.15) is 0 Å². The first kappa shape index (κ1) is 12.2. The van der Waals surface area contributed by atoms with Gasteiger partial charge in [-0.1, -0.05) is 24.3 Å². The third kappa shape index (κ3) is 2.88. The summed E-state index contributed by atoms with van der Waals surface area (Å²) in [7, 11) is 1.39. The molecule has 1 heterocycles. The average molecular weight is 245 g/mol. The van der Waals surface area contributed by atoms with Gasteiger partial charge in [0.25, 0.3) is 0 Å². The van der Waals surface area contributed by atoms with Crippen LogP contribution in [0.25, 0.3) is 0 Å². The van der Waals surface area contributed by atoms with Crippen LogP contribution in [0.4, 0.5) is 5.69 Å². The lowest BCUT2D eigenvalue weighted by Gasteiger charge is -2.08. The first-order valence-corrected chi connectivity index (χ1v) is 5.60. The largest absolute Gasteiger partial charge is 0.469 e. The Kier molecular flexibility index (Phi) is 3.62. The number of esters is 1. The maximum absolute atomic E-state index is 11.3. The van der Waals surface area contributed by atoms with Crippen LogP contribution >= 0.6 is 0 Å². The summed E-state index contributed by atoms with van der Waals surface area (Å²) in [6.07, 6.45) is 3.63. The predicted molar refractivity (Wildman–Crippen MR) is 67.9 cm³/mol. The van der Waals surface area contributed by atoms with Crippen LogP contribution in [-0.2, 0) is 22.5 Å². The van der Waals surface area contributed by atoms with Gasteiger partial charge in [0.05, 0.1) is 32.0 Å². The van der Waals surface area contributed by atoms with Crippen molar-refractivity contribution in [1.82, 2.24) is 9.78 Å². The summed E-state index contributed by atoms with van der Waals surface area (Å²) in [6.45, 7) is 0.588. The van der Waals surface area contributed by atoms with Gasteiger partial charge < -0.3 is 10.5 Å². The second kappa shape index (κ2) is 5.35. The molecule has 0 aliphatic rings. The summed E-state index contributed by atoms with van der Waals surface area (Å²) in [4.78, 5) is 11.3. The lowest BCUT2D eigenvalue weighted by Crippen LogP contribution is -2.09. The molecule has 0 aliphatic heterocycles. The van der Waals surface area contributed by atoms with Crippen LogP contribution in [0.5, 0.6) is 0 Å². The lowest BCUT2D eigenvalue weighted by molar-refractivity contribution is -0.139. The highest BCUT2D eigenvalue weighted by atomic mass is 16.5. The molecule has 2 rings (SSSR count). The number of nitrogens with zero attached hydrogens (tertiary/aromatic N) is 2. The van der Waals surface area contributed by atoms with Crippen LogP contribution in [0.1, 0.15) is 11.1 Å². The number of methoxy groups -OCH3 is 1. The topological polar surface area (TPSA) is 70.1 Å². The minimum atomic E-state index is -0.248. The molecule has 94 valence electrons. The summed E-state index contributed by atoms with van der Waals surface area (Å²) in [6, 6.07) is 7.72. The monoisotopic (exact) mass is 245 g/mol. The first-order valence-electron chi connectivity index (χ1n) is 5.60. The Balaban J connectivity index is 2.19. The summed E-state index contributed by atoms with van der Waals surface area (Å²) in [5.74, 6) is -0.248. The highest BCUT2D eigenvalue weighted by Gasteiger charge is 2.08. The van der Waals surface area contributed by atoms with Crippen molar-refractivity contribution in [3.05, 3.63) is 47.8 Å². The van der Waals surface area contributed by atoms with Crippen LogP contribution in [0, 0.1) is 0 Å². The number of nitrogen functional groups attached to an aromatic ring is 1. The number of carbonyl (C=O) groups excluding carboxylic acids is 1. The van der Waals surface area contributed by atoms with Gasteiger partial charge in [-0.3, -0.25) is 9.48 Å². The van der Waals surface area contributed by atoms with Crippen molar-refractivity contribution in [2.24, 2.45) is 0 Å². The van der Waals surface area contributed by atoms with Crippen LogP contribution in [0.2, 0.25) is 0 Å². The van der Waals surface area contributed by atoms with E-state index in [0.717, 1.165) is 11.1 Å². The number of hydrogen-bond acceptors (Lipinski definition) is 4. The molecule has 0 saturated carbocycles. The van der Waals surface area contributed by atoms with Crippen molar-refractivity contribution >= 4 is 11.7 Å². The second-order valence-corrected chi connectivity index (χ2v) is 3.99. The van der Waals surface area contributed by atoms with Gasteiger partial charge in [0.15, 0.2) is 0 Å². The third-order valence-corrected chi connectivity index (χ3v) is 2.67. The van der Waals surface area contributed by atoms with Crippen molar-refractivity contribution in [3.63, 3.8) is 0 Å². The van der Waals surface area contributed by atoms with Crippen molar-refractivity contribution in [2.75, 3.05) is 12.8 Å². The second-order valence-electron chi connectivity index (χ2n) is 3.99. The van der Waals surface area contributed by atoms with Crippen LogP contribution < -0.4 is 5.73 Å². The molecule has 0 bridgehead atoms. The number of nitrogens with two attached hydrogens (primary N) is 1. The molecule has 0 unspecified atom stereocenters. The van der Waals surface area contributed by atoms with E-state index in [1.807, 2.05) is 24.3 Å². The van der Waals surface area contributed by atoms with E-state index in [2.05, 4.69) is 9.84 Å². The van der Waals surface area contributed by atoms with E-state index in [-0.39, 0.29) is 12.4 Å². The first-order chi connectivity index (χ1) is 8.69. The number of benzene rings is 1. The molecule has 0 radical (unpaired) electrons. The highest BCUT2D eigenvalue weighted by molar-refractivity contribution is 5.72. The Morgan fingerprint density at radius 1 is 1.39 bits per heavy atom. The number of anilines is 1. The van der Waals surface area contributed by atoms with Crippen LogP contribution in [0.3, 0.4) is 0 Å². The summed E-state index contributed by atoms with van der Waals surface area (Å²) < 4.78 is 6.42. The van der Waals surface area contributed by atoms with E-state index >= 15 is 0 Å². The van der Waals surface area contributed by atoms with Crippen LogP contribution in [-0.4, -0.2) is 22.9 Å². The number of carbonyl (C=O) groups is 1. The molecule has 0 spiro atoms. The zero-order valence-corrected chi connectivity index (χ0v) is 10.2. The molecule has 1 aromatic carbocycles. The molecular formula is C13H15N3O2. The predicted octanol–water partition coefficient (Wildman–Crippen LogP) is 1.23. The molecule has 0 amide bonds. The van der Waals surface area contributed by atoms with Gasteiger partial charge in [0, 0.05) is 6.20 Å². The summed E-state index contributed by atoms with van der Waals surface area (Å²) in [5.41, 5.74) is 8.22. The zero-order valence-electron chi connectivity index (χ0n) is 10.2. The molecule has 5 nitrogen and oxygen atoms in total. The highest BCUT2D eigenvalue weighted by Crippen LogP contribution is 2.12. The number of hydrogen-bond donors (Lipinski definition) is 1. The Morgan fingerprint density at radius 3 is 2.72 bits per heavy atom. The minimum absolute atomic E-state index is 0.248. The molecule has 2 N–H and O–H groups in total. The van der Waals surface area contributed by atoms with Gasteiger partial charge in [-0.2, -0.15) is 5.10 Å². The fraction of sp³-hybridized carbons (Fsp3) is 0.231. The quantitative estimate of drug-likeness (QED) is 0.822. The van der Waals surface area contributed by atoms with Crippen molar-refractivity contribution < 1.29 is 9.53 Å². The van der Waals surface area contributed by atoms with E-state index in [1.165, 1.54) is 7.11 Å². The van der Waals surface area contributed by atoms with Crippen molar-refractivity contribution in [2.45, 2.75) is 13.0 Å². The Labute approximate surface area is 105 Å². The van der Waals surface area contributed by atoms with Gasteiger partial charge in [0.2, 0.25) is 0 Å². The molecule has 0 fully saturated rings. The van der Waals surface area contributed by atoms with Gasteiger partial charge >= 0.3 is 5.97 Å². The van der Waals surface area contributed by atoms with Gasteiger partial charge in [-0.05, 0) is 11.1 Å². The maximum atomic E-state index is 11.3. The fourth-order valence-corrected chi connectivity index (χ4v) is 1.75. The Bertz CT molecular complexity index is 549. The molecular weight excluding hydrogens is 230 g/mol. The Morgan fingerprint density at radius 2 is 2.11 bits per heavy atom. The zero-order chi connectivity index (χ0) is 13.0. The van der Waals surface area contributed by atoms with E-state index in [0.29, 0.717) is 12.2 Å². The average Bonchev–Trinajstić information content (AvgIpc) is 2.77. The molecule has 2 aromatic rings. The molecule has 5 heteroatoms. The van der Waals surface area contributed by atoms with E-state index in [9.17, 15) is 4.79 Å². The summed E-state index contributed by atoms with van der Waals surface area (Å²) in [5, 5.41) is 4.13. The Hall–Kier alpha value is -2.30. The van der Waals surface area contributed by atoms with Gasteiger partial charge in [-0.15, -0.1) is 0 Å². The van der Waals surface area contributed by atoms with Gasteiger partial charge in [-0.25, -0.2) is 0 Å². The molecule has 0 aliphatic carbocycles. The molecule has 0 saturated heterocycles. The SMILES string of the molecule is COC(=O)Cc1ccccc1Cn1cc(N)cn1. The maximum Gasteiger partial charge on any atom is 0.309 e. The molecule has 1 aromatic heterocycles. The standard InChI is InChI=1S/C13H15N3O2/c1-18-13(17)6-10-4-2-3-5-11(10)8-16-9-12(14)7-15-16/h2-5,7,9H,6,8,14H2,1H3. The number of aromatic nitrogens is 2. The van der Waals surface area contributed by atoms with E-state index in [1.54, 1.807) is 17.1 Å². The number of ether oxygens (including phenoxy) is 1. The molecule has 0 atom stereocenters. The summed E-state index contributed by atoms with van der Waals surface area (Å²) >= 11 is 0. The molecule has 18 heavy (non-hydrogen) atoms. The minimum Gasteiger partial charge on any atom is -0.469 e. The van der Waals surface area contributed by atoms with E-state index < -0.39 is 0 Å². The number of rotatable bonds is 4. The third-order valence-electron chi connectivity index (χ3n) is 2.67.